The fourth-order valence-electron chi connectivity index (χ4n) is 2.84. The third-order valence-corrected chi connectivity index (χ3v) is 4.22. The molecule has 0 amide bonds. The van der Waals surface area contributed by atoms with E-state index in [0.717, 1.165) is 40.9 Å². The fraction of sp³-hybridized carbons (Fsp3) is 0.333. The van der Waals surface area contributed by atoms with Gasteiger partial charge in [0, 0.05) is 29.2 Å². The Labute approximate surface area is 153 Å². The summed E-state index contributed by atoms with van der Waals surface area (Å²) in [5.74, 6) is 1.79. The molecule has 2 aromatic heterocycles. The Morgan fingerprint density at radius 1 is 1.12 bits per heavy atom. The molecular formula is C21H24N2O3. The van der Waals surface area contributed by atoms with Crippen LogP contribution in [0, 0.1) is 6.92 Å². The van der Waals surface area contributed by atoms with Crippen molar-refractivity contribution < 1.29 is 14.3 Å². The van der Waals surface area contributed by atoms with E-state index in [4.69, 9.17) is 9.47 Å². The minimum Gasteiger partial charge on any atom is -0.490 e. The molecular weight excluding hydrogens is 328 g/mol. The number of benzene rings is 1. The maximum absolute atomic E-state index is 11.1. The highest BCUT2D eigenvalue weighted by Gasteiger charge is 2.06. The molecule has 0 radical (unpaired) electrons. The zero-order valence-electron chi connectivity index (χ0n) is 15.2. The van der Waals surface area contributed by atoms with Gasteiger partial charge in [-0.2, -0.15) is 0 Å². The lowest BCUT2D eigenvalue weighted by Crippen LogP contribution is -2.09. The van der Waals surface area contributed by atoms with Crippen molar-refractivity contribution in [1.29, 1.82) is 0 Å². The predicted molar refractivity (Wildman–Crippen MR) is 102 cm³/mol. The van der Waals surface area contributed by atoms with Crippen LogP contribution in [0.15, 0.2) is 42.7 Å². The van der Waals surface area contributed by atoms with Crippen LogP contribution in [0.5, 0.6) is 11.5 Å². The van der Waals surface area contributed by atoms with Gasteiger partial charge in [-0.1, -0.05) is 0 Å². The molecule has 5 heteroatoms. The van der Waals surface area contributed by atoms with Crippen molar-refractivity contribution in [3.05, 3.63) is 54.0 Å². The molecule has 0 aliphatic heterocycles. The van der Waals surface area contributed by atoms with Gasteiger partial charge in [-0.15, -0.1) is 0 Å². The van der Waals surface area contributed by atoms with E-state index < -0.39 is 0 Å². The van der Waals surface area contributed by atoms with Crippen molar-refractivity contribution in [3.8, 4) is 11.5 Å². The highest BCUT2D eigenvalue weighted by molar-refractivity contribution is 5.84. The van der Waals surface area contributed by atoms with E-state index >= 15 is 0 Å². The van der Waals surface area contributed by atoms with Gasteiger partial charge in [0.25, 0.3) is 0 Å². The number of H-pyrrole nitrogens is 1. The topological polar surface area (TPSA) is 64.2 Å². The molecule has 0 atom stereocenters. The average molecular weight is 352 g/mol. The second kappa shape index (κ2) is 8.52. The number of aromatic nitrogens is 2. The van der Waals surface area contributed by atoms with Gasteiger partial charge in [0.2, 0.25) is 0 Å². The summed E-state index contributed by atoms with van der Waals surface area (Å²) in [6, 6.07) is 9.84. The molecule has 0 unspecified atom stereocenters. The number of nitrogens with zero attached hydrogens (tertiary/aromatic N) is 1. The Balaban J connectivity index is 1.54. The number of aromatic amines is 1. The first-order chi connectivity index (χ1) is 12.6. The molecule has 0 spiro atoms. The van der Waals surface area contributed by atoms with Gasteiger partial charge in [-0.25, -0.2) is 0 Å². The van der Waals surface area contributed by atoms with Crippen LogP contribution in [0.4, 0.5) is 0 Å². The molecule has 0 saturated heterocycles. The lowest BCUT2D eigenvalue weighted by atomic mass is 10.1. The smallest absolute Gasteiger partial charge is 0.137 e. The second-order valence-electron chi connectivity index (χ2n) is 6.41. The number of carbonyl (C=O) groups excluding carboxylic acids is 1. The zero-order chi connectivity index (χ0) is 18.4. The normalized spacial score (nSPS) is 10.8. The highest BCUT2D eigenvalue weighted by Crippen LogP contribution is 2.25. The van der Waals surface area contributed by atoms with Crippen LogP contribution < -0.4 is 9.47 Å². The Morgan fingerprint density at radius 3 is 2.62 bits per heavy atom. The summed E-state index contributed by atoms with van der Waals surface area (Å²) in [4.78, 5) is 18.6. The molecule has 136 valence electrons. The summed E-state index contributed by atoms with van der Waals surface area (Å²) in [7, 11) is 0. The Hall–Kier alpha value is -2.82. The quantitative estimate of drug-likeness (QED) is 0.585. The van der Waals surface area contributed by atoms with Crippen molar-refractivity contribution in [1.82, 2.24) is 9.97 Å². The van der Waals surface area contributed by atoms with Crippen LogP contribution >= 0.6 is 0 Å². The first-order valence-corrected chi connectivity index (χ1v) is 8.89. The molecule has 0 saturated carbocycles. The Kier molecular flexibility index (Phi) is 5.89. The monoisotopic (exact) mass is 352 g/mol. The number of pyridine rings is 1. The maximum atomic E-state index is 11.1. The van der Waals surface area contributed by atoms with E-state index in [2.05, 4.69) is 9.97 Å². The molecule has 3 aromatic rings. The van der Waals surface area contributed by atoms with Gasteiger partial charge in [-0.3, -0.25) is 4.98 Å². The number of hydrogen-bond donors (Lipinski definition) is 1. The number of rotatable bonds is 9. The van der Waals surface area contributed by atoms with Crippen LogP contribution in [-0.4, -0.2) is 29.0 Å². The summed E-state index contributed by atoms with van der Waals surface area (Å²) < 4.78 is 11.4. The molecule has 1 N–H and O–H groups in total. The van der Waals surface area contributed by atoms with E-state index in [1.54, 1.807) is 13.1 Å². The van der Waals surface area contributed by atoms with Crippen LogP contribution in [-0.2, 0) is 11.2 Å². The van der Waals surface area contributed by atoms with Crippen molar-refractivity contribution in [2.45, 2.75) is 33.1 Å². The maximum Gasteiger partial charge on any atom is 0.137 e. The van der Waals surface area contributed by atoms with E-state index in [1.807, 2.05) is 43.5 Å². The number of hydrogen-bond acceptors (Lipinski definition) is 4. The SMILES string of the molecule is CC(=O)CCCc1c[nH]c2ccc(OCCOc3ccc(C)nc3)cc12. The summed E-state index contributed by atoms with van der Waals surface area (Å²) in [6.45, 7) is 4.50. The van der Waals surface area contributed by atoms with Gasteiger partial charge in [-0.05, 0) is 62.6 Å². The van der Waals surface area contributed by atoms with Crippen molar-refractivity contribution in [2.24, 2.45) is 0 Å². The lowest BCUT2D eigenvalue weighted by molar-refractivity contribution is -0.117. The molecule has 0 aliphatic rings. The second-order valence-corrected chi connectivity index (χ2v) is 6.41. The largest absolute Gasteiger partial charge is 0.490 e. The third kappa shape index (κ3) is 4.85. The molecule has 2 heterocycles. The summed E-state index contributed by atoms with van der Waals surface area (Å²) in [6.07, 6.45) is 6.10. The first-order valence-electron chi connectivity index (χ1n) is 8.89. The number of ether oxygens (including phenoxy) is 2. The Morgan fingerprint density at radius 2 is 1.88 bits per heavy atom. The van der Waals surface area contributed by atoms with E-state index in [-0.39, 0.29) is 5.78 Å². The molecule has 26 heavy (non-hydrogen) atoms. The van der Waals surface area contributed by atoms with Crippen LogP contribution in [0.2, 0.25) is 0 Å². The summed E-state index contributed by atoms with van der Waals surface area (Å²) in [5, 5.41) is 1.15. The average Bonchev–Trinajstić information content (AvgIpc) is 3.02. The third-order valence-electron chi connectivity index (χ3n) is 4.22. The van der Waals surface area contributed by atoms with Crippen molar-refractivity contribution >= 4 is 16.7 Å². The molecule has 5 nitrogen and oxygen atoms in total. The summed E-state index contributed by atoms with van der Waals surface area (Å²) >= 11 is 0. The van der Waals surface area contributed by atoms with Gasteiger partial charge < -0.3 is 19.3 Å². The lowest BCUT2D eigenvalue weighted by Gasteiger charge is -2.09. The number of nitrogens with one attached hydrogen (secondary N) is 1. The molecule has 0 bridgehead atoms. The zero-order valence-corrected chi connectivity index (χ0v) is 15.2. The van der Waals surface area contributed by atoms with E-state index in [0.29, 0.717) is 19.6 Å². The number of ketones is 1. The van der Waals surface area contributed by atoms with Crippen molar-refractivity contribution in [3.63, 3.8) is 0 Å². The fourth-order valence-corrected chi connectivity index (χ4v) is 2.84. The van der Waals surface area contributed by atoms with Gasteiger partial charge in [0.15, 0.2) is 0 Å². The van der Waals surface area contributed by atoms with Crippen LogP contribution in [0.3, 0.4) is 0 Å². The van der Waals surface area contributed by atoms with Crippen LogP contribution in [0.1, 0.15) is 31.0 Å². The van der Waals surface area contributed by atoms with Crippen LogP contribution in [0.25, 0.3) is 10.9 Å². The number of aryl methyl sites for hydroxylation is 2. The standard InChI is InChI=1S/C21H24N2O3/c1-15-6-7-19(14-22-15)26-11-10-25-18-8-9-21-20(12-18)17(13-23-21)5-3-4-16(2)24/h6-9,12-14,23H,3-5,10-11H2,1-2H3. The highest BCUT2D eigenvalue weighted by atomic mass is 16.5. The molecule has 0 aliphatic carbocycles. The predicted octanol–water partition coefficient (Wildman–Crippen LogP) is 4.24. The first kappa shape index (κ1) is 18.0. The number of fused-ring (bicyclic) bond motifs is 1. The van der Waals surface area contributed by atoms with Gasteiger partial charge in [0.05, 0.1) is 6.20 Å². The van der Waals surface area contributed by atoms with Gasteiger partial charge >= 0.3 is 0 Å². The molecule has 0 fully saturated rings. The van der Waals surface area contributed by atoms with E-state index in [1.165, 1.54) is 5.56 Å². The number of carbonyl (C=O) groups is 1. The minimum atomic E-state index is 0.234. The Bertz CT molecular complexity index is 869. The molecule has 3 rings (SSSR count). The number of Topliss-reactive ketones (excluding diaryl/α,β-unsaturated/α-hetero) is 1. The van der Waals surface area contributed by atoms with E-state index in [9.17, 15) is 4.79 Å². The molecule has 1 aromatic carbocycles. The van der Waals surface area contributed by atoms with Crippen molar-refractivity contribution in [2.75, 3.05) is 13.2 Å². The van der Waals surface area contributed by atoms with Gasteiger partial charge in [0.1, 0.15) is 30.5 Å². The summed E-state index contributed by atoms with van der Waals surface area (Å²) in [5.41, 5.74) is 3.26. The minimum absolute atomic E-state index is 0.234.